The van der Waals surface area contributed by atoms with Crippen molar-refractivity contribution in [2.45, 2.75) is 6.04 Å². The van der Waals surface area contributed by atoms with Crippen LogP contribution in [0.3, 0.4) is 0 Å². The van der Waals surface area contributed by atoms with Gasteiger partial charge in [0.05, 0.1) is 12.9 Å². The Bertz CT molecular complexity index is 993. The molecule has 2 heterocycles. The van der Waals surface area contributed by atoms with Gasteiger partial charge in [0, 0.05) is 49.8 Å². The standard InChI is InChI=1S/C21H24N4O4S/c1-29-21-8-6-20(7-9-21)24-11-13-25(14-12-24)30(27,28)16-19(23-17-26)5-4-18-3-2-10-22-15-18/h2-3,6-10,15,17,19H,11-14,16H2,1H3,(H,23,26). The van der Waals surface area contributed by atoms with Crippen LogP contribution in [-0.4, -0.2) is 69.2 Å². The van der Waals surface area contributed by atoms with Crippen LogP contribution in [0.2, 0.25) is 0 Å². The molecule has 0 radical (unpaired) electrons. The zero-order valence-electron chi connectivity index (χ0n) is 16.7. The molecule has 8 nitrogen and oxygen atoms in total. The number of methoxy groups -OCH3 is 1. The minimum Gasteiger partial charge on any atom is -0.497 e. The molecule has 1 aromatic carbocycles. The second kappa shape index (κ2) is 10.1. The number of nitrogens with zero attached hydrogens (tertiary/aromatic N) is 3. The summed E-state index contributed by atoms with van der Waals surface area (Å²) in [5.41, 5.74) is 1.68. The van der Waals surface area contributed by atoms with Crippen LogP contribution in [0.4, 0.5) is 5.69 Å². The van der Waals surface area contributed by atoms with Crippen molar-refractivity contribution in [3.05, 3.63) is 54.4 Å². The molecule has 0 aliphatic carbocycles. The summed E-state index contributed by atoms with van der Waals surface area (Å²) in [5.74, 6) is 6.18. The minimum absolute atomic E-state index is 0.276. The Kier molecular flexibility index (Phi) is 7.27. The van der Waals surface area contributed by atoms with Crippen LogP contribution in [0.1, 0.15) is 5.56 Å². The largest absolute Gasteiger partial charge is 0.497 e. The van der Waals surface area contributed by atoms with Crippen molar-refractivity contribution < 1.29 is 17.9 Å². The molecule has 158 valence electrons. The van der Waals surface area contributed by atoms with Crippen molar-refractivity contribution in [2.75, 3.05) is 43.9 Å². The fourth-order valence-corrected chi connectivity index (χ4v) is 4.69. The number of aromatic nitrogens is 1. The third-order valence-corrected chi connectivity index (χ3v) is 6.67. The molecule has 30 heavy (non-hydrogen) atoms. The molecule has 1 saturated heterocycles. The summed E-state index contributed by atoms with van der Waals surface area (Å²) in [5, 5.41) is 2.49. The number of anilines is 1. The SMILES string of the molecule is COc1ccc(N2CCN(S(=O)(=O)CC(C#Cc3cccnc3)NC=O)CC2)cc1. The van der Waals surface area contributed by atoms with E-state index < -0.39 is 16.1 Å². The van der Waals surface area contributed by atoms with Crippen LogP contribution in [-0.2, 0) is 14.8 Å². The zero-order valence-corrected chi connectivity index (χ0v) is 17.5. The van der Waals surface area contributed by atoms with Crippen molar-refractivity contribution >= 4 is 22.1 Å². The Morgan fingerprint density at radius 1 is 1.20 bits per heavy atom. The van der Waals surface area contributed by atoms with E-state index in [1.165, 1.54) is 4.31 Å². The maximum absolute atomic E-state index is 12.9. The van der Waals surface area contributed by atoms with E-state index in [0.29, 0.717) is 38.2 Å². The topological polar surface area (TPSA) is 91.8 Å². The predicted molar refractivity (Wildman–Crippen MR) is 115 cm³/mol. The number of amides is 1. The lowest BCUT2D eigenvalue weighted by Crippen LogP contribution is -2.51. The van der Waals surface area contributed by atoms with Crippen molar-refractivity contribution in [3.8, 4) is 17.6 Å². The van der Waals surface area contributed by atoms with Gasteiger partial charge >= 0.3 is 0 Å². The summed E-state index contributed by atoms with van der Waals surface area (Å²) < 4.78 is 32.4. The molecule has 1 unspecified atom stereocenters. The Morgan fingerprint density at radius 2 is 1.93 bits per heavy atom. The number of piperazine rings is 1. The first-order valence-corrected chi connectivity index (χ1v) is 11.1. The number of sulfonamides is 1. The highest BCUT2D eigenvalue weighted by atomic mass is 32.2. The highest BCUT2D eigenvalue weighted by Gasteiger charge is 2.29. The number of rotatable bonds is 7. The fourth-order valence-electron chi connectivity index (χ4n) is 3.15. The molecule has 0 spiro atoms. The van der Waals surface area contributed by atoms with Crippen LogP contribution in [0.5, 0.6) is 5.75 Å². The molecule has 1 amide bonds. The van der Waals surface area contributed by atoms with Gasteiger partial charge in [0.1, 0.15) is 11.8 Å². The summed E-state index contributed by atoms with van der Waals surface area (Å²) in [6, 6.07) is 10.4. The van der Waals surface area contributed by atoms with E-state index in [0.717, 1.165) is 11.4 Å². The third-order valence-electron chi connectivity index (χ3n) is 4.77. The lowest BCUT2D eigenvalue weighted by Gasteiger charge is -2.35. The molecule has 0 bridgehead atoms. The highest BCUT2D eigenvalue weighted by Crippen LogP contribution is 2.21. The first-order valence-electron chi connectivity index (χ1n) is 9.50. The molecule has 1 aliphatic rings. The average Bonchev–Trinajstić information content (AvgIpc) is 2.78. The lowest BCUT2D eigenvalue weighted by molar-refractivity contribution is -0.109. The van der Waals surface area contributed by atoms with Gasteiger partial charge in [-0.3, -0.25) is 9.78 Å². The normalized spacial score (nSPS) is 15.6. The summed E-state index contributed by atoms with van der Waals surface area (Å²) in [6.45, 7) is 1.91. The van der Waals surface area contributed by atoms with E-state index in [1.807, 2.05) is 24.3 Å². The Labute approximate surface area is 176 Å². The molecule has 1 atom stereocenters. The number of hydrogen-bond donors (Lipinski definition) is 1. The van der Waals surface area contributed by atoms with E-state index in [9.17, 15) is 13.2 Å². The fraction of sp³-hybridized carbons (Fsp3) is 0.333. The zero-order chi connectivity index (χ0) is 21.4. The van der Waals surface area contributed by atoms with E-state index in [1.54, 1.807) is 31.6 Å². The average molecular weight is 429 g/mol. The van der Waals surface area contributed by atoms with Crippen LogP contribution < -0.4 is 15.0 Å². The molecule has 1 N–H and O–H groups in total. The number of ether oxygens (including phenoxy) is 1. The summed E-state index contributed by atoms with van der Waals surface area (Å²) in [6.07, 6.45) is 3.68. The number of benzene rings is 1. The molecule has 1 aliphatic heterocycles. The summed E-state index contributed by atoms with van der Waals surface area (Å²) >= 11 is 0. The van der Waals surface area contributed by atoms with Crippen LogP contribution in [0.15, 0.2) is 48.8 Å². The van der Waals surface area contributed by atoms with Gasteiger partial charge in [-0.15, -0.1) is 0 Å². The van der Waals surface area contributed by atoms with Crippen LogP contribution in [0, 0.1) is 11.8 Å². The van der Waals surface area contributed by atoms with Crippen molar-refractivity contribution in [1.82, 2.24) is 14.6 Å². The predicted octanol–water partition coefficient (Wildman–Crippen LogP) is 0.708. The van der Waals surface area contributed by atoms with Gasteiger partial charge in [0.15, 0.2) is 0 Å². The Morgan fingerprint density at radius 3 is 2.53 bits per heavy atom. The minimum atomic E-state index is -3.58. The number of nitrogens with one attached hydrogen (secondary N) is 1. The van der Waals surface area contributed by atoms with Gasteiger partial charge in [0.25, 0.3) is 0 Å². The van der Waals surface area contributed by atoms with Gasteiger partial charge in [-0.1, -0.05) is 11.8 Å². The number of carbonyl (C=O) groups is 1. The molecule has 1 aromatic heterocycles. The van der Waals surface area contributed by atoms with Crippen LogP contribution >= 0.6 is 0 Å². The highest BCUT2D eigenvalue weighted by molar-refractivity contribution is 7.89. The quantitative estimate of drug-likeness (QED) is 0.516. The second-order valence-electron chi connectivity index (χ2n) is 6.71. The maximum atomic E-state index is 12.9. The Hall–Kier alpha value is -3.09. The molecule has 1 fully saturated rings. The third kappa shape index (κ3) is 5.72. The van der Waals surface area contributed by atoms with Gasteiger partial charge < -0.3 is 15.0 Å². The molecule has 3 rings (SSSR count). The molecule has 0 saturated carbocycles. The van der Waals surface area contributed by atoms with E-state index in [2.05, 4.69) is 27.0 Å². The summed E-state index contributed by atoms with van der Waals surface area (Å²) in [7, 11) is -1.96. The first-order chi connectivity index (χ1) is 14.5. The molecular formula is C21H24N4O4S. The van der Waals surface area contributed by atoms with Crippen molar-refractivity contribution in [1.29, 1.82) is 0 Å². The van der Waals surface area contributed by atoms with Gasteiger partial charge in [0.2, 0.25) is 16.4 Å². The smallest absolute Gasteiger partial charge is 0.217 e. The van der Waals surface area contributed by atoms with Gasteiger partial charge in [-0.25, -0.2) is 8.42 Å². The van der Waals surface area contributed by atoms with E-state index >= 15 is 0 Å². The maximum Gasteiger partial charge on any atom is 0.217 e. The number of hydrogen-bond acceptors (Lipinski definition) is 6. The van der Waals surface area contributed by atoms with E-state index in [-0.39, 0.29) is 5.75 Å². The second-order valence-corrected chi connectivity index (χ2v) is 8.72. The Balaban J connectivity index is 1.62. The monoisotopic (exact) mass is 428 g/mol. The lowest BCUT2D eigenvalue weighted by atomic mass is 10.2. The molecule has 2 aromatic rings. The number of pyridine rings is 1. The van der Waals surface area contributed by atoms with Crippen molar-refractivity contribution in [3.63, 3.8) is 0 Å². The first kappa shape index (κ1) is 21.6. The molecule has 9 heteroatoms. The summed E-state index contributed by atoms with van der Waals surface area (Å²) in [4.78, 5) is 17.0. The van der Waals surface area contributed by atoms with Gasteiger partial charge in [-0.2, -0.15) is 4.31 Å². The molecular weight excluding hydrogens is 404 g/mol. The van der Waals surface area contributed by atoms with Crippen molar-refractivity contribution in [2.24, 2.45) is 0 Å². The number of carbonyl (C=O) groups excluding carboxylic acids is 1. The van der Waals surface area contributed by atoms with Gasteiger partial charge in [-0.05, 0) is 36.4 Å². The van der Waals surface area contributed by atoms with E-state index in [4.69, 9.17) is 4.74 Å². The van der Waals surface area contributed by atoms with Crippen LogP contribution in [0.25, 0.3) is 0 Å².